The van der Waals surface area contributed by atoms with Gasteiger partial charge in [-0.05, 0) is 13.0 Å². The molecule has 144 valence electrons. The third kappa shape index (κ3) is 13.0. The zero-order chi connectivity index (χ0) is 18.4. The molecule has 0 saturated carbocycles. The van der Waals surface area contributed by atoms with Gasteiger partial charge in [-0.25, -0.2) is 0 Å². The van der Waals surface area contributed by atoms with Crippen LogP contribution in [0.15, 0.2) is 24.5 Å². The van der Waals surface area contributed by atoms with Gasteiger partial charge in [0.2, 0.25) is 6.20 Å². The lowest BCUT2D eigenvalue weighted by atomic mass is 10.4. The van der Waals surface area contributed by atoms with E-state index in [1.54, 1.807) is 13.3 Å². The normalized spacial score (nSPS) is 11.6. The lowest BCUT2D eigenvalue weighted by molar-refractivity contribution is -0.698. The van der Waals surface area contributed by atoms with E-state index >= 15 is 0 Å². The van der Waals surface area contributed by atoms with Crippen molar-refractivity contribution >= 4 is 7.37 Å². The molecule has 0 unspecified atom stereocenters. The fourth-order valence-electron chi connectivity index (χ4n) is 1.89. The summed E-state index contributed by atoms with van der Waals surface area (Å²) in [5, 5.41) is 0. The number of hydrogen-bond acceptors (Lipinski definition) is 6. The predicted molar refractivity (Wildman–Crippen MR) is 95.7 cm³/mol. The molecule has 0 atom stereocenters. The van der Waals surface area contributed by atoms with Gasteiger partial charge in [-0.1, -0.05) is 0 Å². The smallest absolute Gasteiger partial charge is 0.211 e. The van der Waals surface area contributed by atoms with Gasteiger partial charge >= 0.3 is 0 Å². The number of aromatic nitrogens is 1. The topological polar surface area (TPSA) is 67.1 Å². The summed E-state index contributed by atoms with van der Waals surface area (Å²) in [5.41, 5.74) is 0. The second-order valence-corrected chi connectivity index (χ2v) is 8.40. The van der Waals surface area contributed by atoms with Gasteiger partial charge in [0, 0.05) is 26.0 Å². The minimum atomic E-state index is -2.42. The van der Waals surface area contributed by atoms with E-state index in [-0.39, 0.29) is 0 Å². The summed E-state index contributed by atoms with van der Waals surface area (Å²) in [7, 11) is -2.42. The second kappa shape index (κ2) is 13.3. The summed E-state index contributed by atoms with van der Waals surface area (Å²) in [6.07, 6.45) is 3.88. The Morgan fingerprint density at radius 1 is 0.960 bits per heavy atom. The molecule has 7 nitrogen and oxygen atoms in total. The third-order valence-electron chi connectivity index (χ3n) is 3.03. The molecule has 0 N–H and O–H groups in total. The van der Waals surface area contributed by atoms with Crippen molar-refractivity contribution in [3.8, 4) is 5.75 Å². The highest BCUT2D eigenvalue weighted by molar-refractivity contribution is 7.57. The molecule has 1 rings (SSSR count). The van der Waals surface area contributed by atoms with Crippen LogP contribution < -0.4 is 9.30 Å². The first-order valence-electron chi connectivity index (χ1n) is 8.56. The van der Waals surface area contributed by atoms with Crippen molar-refractivity contribution in [1.82, 2.24) is 0 Å². The minimum Gasteiger partial charge on any atom is -0.485 e. The maximum absolute atomic E-state index is 11.4. The maximum atomic E-state index is 11.4. The van der Waals surface area contributed by atoms with Crippen LogP contribution in [-0.2, 0) is 29.8 Å². The molecule has 0 aliphatic rings. The SMILES string of the molecule is CCOCCOCCOc1ccc[n+](CCOCCOP(C)(C)=O)c1. The van der Waals surface area contributed by atoms with Crippen molar-refractivity contribution in [1.29, 1.82) is 0 Å². The molecular formula is C17H31NO6P+. The highest BCUT2D eigenvalue weighted by Gasteiger charge is 2.07. The summed E-state index contributed by atoms with van der Waals surface area (Å²) in [4.78, 5) is 0. The maximum Gasteiger partial charge on any atom is 0.211 e. The first-order chi connectivity index (χ1) is 12.0. The Morgan fingerprint density at radius 2 is 1.64 bits per heavy atom. The molecule has 0 fully saturated rings. The zero-order valence-electron chi connectivity index (χ0n) is 15.5. The molecular weight excluding hydrogens is 345 g/mol. The Kier molecular flexibility index (Phi) is 11.7. The average Bonchev–Trinajstić information content (AvgIpc) is 2.57. The Labute approximate surface area is 150 Å². The highest BCUT2D eigenvalue weighted by atomic mass is 31.2. The Morgan fingerprint density at radius 3 is 2.40 bits per heavy atom. The Bertz CT molecular complexity index is 508. The van der Waals surface area contributed by atoms with Gasteiger partial charge in [0.1, 0.15) is 13.2 Å². The molecule has 1 heterocycles. The zero-order valence-corrected chi connectivity index (χ0v) is 16.4. The monoisotopic (exact) mass is 376 g/mol. The molecule has 1 aromatic rings. The van der Waals surface area contributed by atoms with E-state index in [0.29, 0.717) is 59.4 Å². The molecule has 0 radical (unpaired) electrons. The van der Waals surface area contributed by atoms with Crippen LogP contribution in [0.4, 0.5) is 0 Å². The molecule has 0 amide bonds. The van der Waals surface area contributed by atoms with Crippen molar-refractivity contribution in [2.24, 2.45) is 0 Å². The van der Waals surface area contributed by atoms with Gasteiger partial charge in [0.15, 0.2) is 25.9 Å². The van der Waals surface area contributed by atoms with E-state index in [4.69, 9.17) is 23.5 Å². The predicted octanol–water partition coefficient (Wildman–Crippen LogP) is 1.98. The van der Waals surface area contributed by atoms with Crippen LogP contribution in [0.3, 0.4) is 0 Å². The minimum absolute atomic E-state index is 0.349. The average molecular weight is 376 g/mol. The molecule has 25 heavy (non-hydrogen) atoms. The number of hydrogen-bond donors (Lipinski definition) is 0. The summed E-state index contributed by atoms with van der Waals surface area (Å²) < 4.78 is 40.3. The first-order valence-corrected chi connectivity index (χ1v) is 11.1. The molecule has 0 aliphatic heterocycles. The van der Waals surface area contributed by atoms with E-state index in [1.807, 2.05) is 36.0 Å². The van der Waals surface area contributed by atoms with Crippen molar-refractivity contribution in [3.05, 3.63) is 24.5 Å². The van der Waals surface area contributed by atoms with Gasteiger partial charge in [-0.3, -0.25) is 4.57 Å². The van der Waals surface area contributed by atoms with Crippen molar-refractivity contribution in [3.63, 3.8) is 0 Å². The van der Waals surface area contributed by atoms with Gasteiger partial charge in [0.05, 0.1) is 33.0 Å². The van der Waals surface area contributed by atoms with Crippen LogP contribution in [0, 0.1) is 0 Å². The summed E-state index contributed by atoms with van der Waals surface area (Å²) in [5.74, 6) is 0.789. The van der Waals surface area contributed by atoms with Crippen molar-refractivity contribution in [2.45, 2.75) is 13.5 Å². The van der Waals surface area contributed by atoms with Crippen LogP contribution in [0.2, 0.25) is 0 Å². The molecule has 0 bridgehead atoms. The van der Waals surface area contributed by atoms with E-state index in [2.05, 4.69) is 0 Å². The Hall–Kier alpha value is -0.980. The standard InChI is InChI=1S/C17H31NO6P/c1-4-20-10-11-22-12-14-23-17-6-5-7-18(16-17)8-9-21-13-15-24-25(2,3)19/h5-7,16H,4,8-15H2,1-3H3/q+1. The van der Waals surface area contributed by atoms with Gasteiger partial charge in [-0.15, -0.1) is 0 Å². The summed E-state index contributed by atoms with van der Waals surface area (Å²) >= 11 is 0. The van der Waals surface area contributed by atoms with Crippen molar-refractivity contribution < 1.29 is 32.6 Å². The van der Waals surface area contributed by atoms with Crippen LogP contribution in [-0.4, -0.2) is 66.2 Å². The summed E-state index contributed by atoms with van der Waals surface area (Å²) in [6.45, 7) is 10.1. The number of pyridine rings is 1. The van der Waals surface area contributed by atoms with E-state index in [9.17, 15) is 4.57 Å². The van der Waals surface area contributed by atoms with Crippen LogP contribution in [0.1, 0.15) is 6.92 Å². The van der Waals surface area contributed by atoms with E-state index < -0.39 is 7.37 Å². The second-order valence-electron chi connectivity index (χ2n) is 5.63. The molecule has 0 saturated heterocycles. The van der Waals surface area contributed by atoms with Gasteiger partial charge < -0.3 is 23.5 Å². The molecule has 0 aliphatic carbocycles. The number of rotatable bonds is 15. The van der Waals surface area contributed by atoms with E-state index in [0.717, 1.165) is 5.75 Å². The lowest BCUT2D eigenvalue weighted by Gasteiger charge is -2.08. The largest absolute Gasteiger partial charge is 0.485 e. The van der Waals surface area contributed by atoms with Gasteiger partial charge in [0.25, 0.3) is 0 Å². The molecule has 1 aromatic heterocycles. The fraction of sp³-hybridized carbons (Fsp3) is 0.706. The van der Waals surface area contributed by atoms with Crippen LogP contribution >= 0.6 is 7.37 Å². The van der Waals surface area contributed by atoms with Crippen molar-refractivity contribution in [2.75, 3.05) is 66.2 Å². The van der Waals surface area contributed by atoms with Crippen LogP contribution in [0.25, 0.3) is 0 Å². The lowest BCUT2D eigenvalue weighted by Crippen LogP contribution is -2.35. The molecule has 0 aromatic carbocycles. The quantitative estimate of drug-likeness (QED) is 0.265. The first kappa shape index (κ1) is 22.1. The summed E-state index contributed by atoms with van der Waals surface area (Å²) in [6, 6.07) is 3.84. The number of ether oxygens (including phenoxy) is 4. The third-order valence-corrected chi connectivity index (χ3v) is 3.83. The highest BCUT2D eigenvalue weighted by Crippen LogP contribution is 2.36. The Balaban J connectivity index is 2.12. The van der Waals surface area contributed by atoms with E-state index in [1.165, 1.54) is 0 Å². The number of nitrogens with zero attached hydrogens (tertiary/aromatic N) is 1. The fourth-order valence-corrected chi connectivity index (χ4v) is 2.41. The van der Waals surface area contributed by atoms with Crippen LogP contribution in [0.5, 0.6) is 5.75 Å². The molecule has 8 heteroatoms. The molecule has 0 spiro atoms. The van der Waals surface area contributed by atoms with Gasteiger partial charge in [-0.2, -0.15) is 4.57 Å².